The van der Waals surface area contributed by atoms with Gasteiger partial charge >= 0.3 is 0 Å². The van der Waals surface area contributed by atoms with Crippen molar-refractivity contribution in [3.05, 3.63) is 54.2 Å². The van der Waals surface area contributed by atoms with Crippen molar-refractivity contribution in [3.63, 3.8) is 0 Å². The molecule has 138 valence electrons. The molecule has 0 aliphatic carbocycles. The Balaban J connectivity index is 1.65. The van der Waals surface area contributed by atoms with Crippen molar-refractivity contribution in [1.82, 2.24) is 15.5 Å². The Morgan fingerprint density at radius 1 is 1.00 bits per heavy atom. The van der Waals surface area contributed by atoms with E-state index in [9.17, 15) is 14.4 Å². The van der Waals surface area contributed by atoms with Gasteiger partial charge in [-0.3, -0.25) is 19.5 Å². The summed E-state index contributed by atoms with van der Waals surface area (Å²) < 4.78 is 0. The van der Waals surface area contributed by atoms with Gasteiger partial charge < -0.3 is 16.0 Å². The number of anilines is 2. The number of para-hydroxylation sites is 1. The Bertz CT molecular complexity index is 1010. The molecule has 0 aliphatic heterocycles. The van der Waals surface area contributed by atoms with Crippen LogP contribution in [0, 0.1) is 0 Å². The molecular formula is C19H19N5O3. The molecule has 0 saturated heterocycles. The molecule has 2 aromatic carbocycles. The number of benzene rings is 2. The number of nitrogens with one attached hydrogen (secondary N) is 4. The number of nitrogens with zero attached hydrogens (tertiary/aromatic N) is 1. The first-order chi connectivity index (χ1) is 12.9. The van der Waals surface area contributed by atoms with Gasteiger partial charge in [0.2, 0.25) is 11.8 Å². The highest BCUT2D eigenvalue weighted by atomic mass is 16.2. The van der Waals surface area contributed by atoms with Gasteiger partial charge in [-0.25, -0.2) is 0 Å². The lowest BCUT2D eigenvalue weighted by atomic mass is 10.2. The molecule has 1 heterocycles. The summed E-state index contributed by atoms with van der Waals surface area (Å²) in [5, 5.41) is 15.5. The third-order valence-electron chi connectivity index (χ3n) is 3.88. The number of fused-ring (bicyclic) bond motifs is 1. The van der Waals surface area contributed by atoms with Gasteiger partial charge in [0.25, 0.3) is 5.91 Å². The van der Waals surface area contributed by atoms with Crippen molar-refractivity contribution >= 4 is 40.0 Å². The zero-order chi connectivity index (χ0) is 19.4. The molecule has 1 atom stereocenters. The molecule has 0 bridgehead atoms. The molecule has 0 spiro atoms. The third-order valence-corrected chi connectivity index (χ3v) is 3.88. The van der Waals surface area contributed by atoms with E-state index in [2.05, 4.69) is 26.1 Å². The van der Waals surface area contributed by atoms with E-state index >= 15 is 0 Å². The molecule has 0 fully saturated rings. The van der Waals surface area contributed by atoms with Crippen LogP contribution in [0.1, 0.15) is 24.3 Å². The van der Waals surface area contributed by atoms with Crippen LogP contribution in [0.15, 0.2) is 48.5 Å². The first-order valence-corrected chi connectivity index (χ1v) is 8.36. The quantitative estimate of drug-likeness (QED) is 0.555. The van der Waals surface area contributed by atoms with Crippen molar-refractivity contribution in [2.45, 2.75) is 19.9 Å². The highest BCUT2D eigenvalue weighted by Gasteiger charge is 2.20. The number of rotatable bonds is 5. The van der Waals surface area contributed by atoms with Gasteiger partial charge in [0, 0.05) is 23.7 Å². The van der Waals surface area contributed by atoms with Crippen molar-refractivity contribution in [3.8, 4) is 0 Å². The standard InChI is InChI=1S/C19H19N5O3/c1-11(18(26)22-14-7-5-6-13(10-14)21-12(2)25)20-19(27)17-15-8-3-4-9-16(15)23-24-17/h3-11H,1-2H3,(H,20,27)(H,21,25)(H,22,26)(H,23,24). The fourth-order valence-electron chi connectivity index (χ4n) is 2.60. The van der Waals surface area contributed by atoms with Crippen LogP contribution in [0.3, 0.4) is 0 Å². The summed E-state index contributed by atoms with van der Waals surface area (Å²) in [7, 11) is 0. The predicted octanol–water partition coefficient (Wildman–Crippen LogP) is 2.28. The summed E-state index contributed by atoms with van der Waals surface area (Å²) in [6, 6.07) is 13.2. The van der Waals surface area contributed by atoms with Gasteiger partial charge in [0.15, 0.2) is 5.69 Å². The predicted molar refractivity (Wildman–Crippen MR) is 102 cm³/mol. The monoisotopic (exact) mass is 365 g/mol. The fourth-order valence-corrected chi connectivity index (χ4v) is 2.60. The van der Waals surface area contributed by atoms with Crippen molar-refractivity contribution in [2.24, 2.45) is 0 Å². The van der Waals surface area contributed by atoms with Gasteiger partial charge in [0.1, 0.15) is 6.04 Å². The van der Waals surface area contributed by atoms with Crippen LogP contribution < -0.4 is 16.0 Å². The molecule has 0 radical (unpaired) electrons. The number of carbonyl (C=O) groups is 3. The van der Waals surface area contributed by atoms with E-state index in [0.29, 0.717) is 16.8 Å². The molecule has 3 rings (SSSR count). The number of carbonyl (C=O) groups excluding carboxylic acids is 3. The SMILES string of the molecule is CC(=O)Nc1cccc(NC(=O)C(C)NC(=O)c2n[nH]c3ccccc23)c1. The summed E-state index contributed by atoms with van der Waals surface area (Å²) in [5.74, 6) is -1.03. The van der Waals surface area contributed by atoms with E-state index in [-0.39, 0.29) is 17.5 Å². The van der Waals surface area contributed by atoms with Crippen LogP contribution in [0.25, 0.3) is 10.9 Å². The van der Waals surface area contributed by atoms with Gasteiger partial charge in [-0.05, 0) is 31.2 Å². The second-order valence-electron chi connectivity index (χ2n) is 6.06. The average molecular weight is 365 g/mol. The smallest absolute Gasteiger partial charge is 0.273 e. The number of hydrogen-bond acceptors (Lipinski definition) is 4. The van der Waals surface area contributed by atoms with Crippen LogP contribution in [-0.2, 0) is 9.59 Å². The molecule has 3 amide bonds. The number of aromatic nitrogens is 2. The Hall–Kier alpha value is -3.68. The van der Waals surface area contributed by atoms with E-state index in [4.69, 9.17) is 0 Å². The lowest BCUT2D eigenvalue weighted by Crippen LogP contribution is -2.41. The molecule has 3 aromatic rings. The lowest BCUT2D eigenvalue weighted by Gasteiger charge is -2.14. The Morgan fingerprint density at radius 3 is 2.44 bits per heavy atom. The zero-order valence-electron chi connectivity index (χ0n) is 14.9. The lowest BCUT2D eigenvalue weighted by molar-refractivity contribution is -0.117. The van der Waals surface area contributed by atoms with Gasteiger partial charge in [-0.15, -0.1) is 0 Å². The van der Waals surface area contributed by atoms with Crippen LogP contribution in [0.2, 0.25) is 0 Å². The molecular weight excluding hydrogens is 346 g/mol. The summed E-state index contributed by atoms with van der Waals surface area (Å²) >= 11 is 0. The van der Waals surface area contributed by atoms with Crippen molar-refractivity contribution in [1.29, 1.82) is 0 Å². The number of amides is 3. The van der Waals surface area contributed by atoms with Gasteiger partial charge in [-0.2, -0.15) is 5.10 Å². The fraction of sp³-hybridized carbons (Fsp3) is 0.158. The Labute approximate surface area is 155 Å². The minimum absolute atomic E-state index is 0.203. The van der Waals surface area contributed by atoms with Gasteiger partial charge in [0.05, 0.1) is 5.52 Å². The van der Waals surface area contributed by atoms with Gasteiger partial charge in [-0.1, -0.05) is 24.3 Å². The molecule has 0 saturated carbocycles. The Kier molecular flexibility index (Phi) is 5.16. The van der Waals surface area contributed by atoms with E-state index in [1.807, 2.05) is 18.2 Å². The normalized spacial score (nSPS) is 11.6. The van der Waals surface area contributed by atoms with Crippen molar-refractivity contribution < 1.29 is 14.4 Å². The number of hydrogen-bond donors (Lipinski definition) is 4. The average Bonchev–Trinajstić information content (AvgIpc) is 3.05. The second-order valence-corrected chi connectivity index (χ2v) is 6.06. The molecule has 1 aromatic heterocycles. The first kappa shape index (κ1) is 18.1. The largest absolute Gasteiger partial charge is 0.339 e. The summed E-state index contributed by atoms with van der Waals surface area (Å²) in [5.41, 5.74) is 2.06. The maximum Gasteiger partial charge on any atom is 0.273 e. The topological polar surface area (TPSA) is 116 Å². The molecule has 0 aliphatic rings. The summed E-state index contributed by atoms with van der Waals surface area (Å²) in [4.78, 5) is 35.9. The minimum Gasteiger partial charge on any atom is -0.339 e. The zero-order valence-corrected chi connectivity index (χ0v) is 14.9. The van der Waals surface area contributed by atoms with E-state index in [1.165, 1.54) is 6.92 Å². The minimum atomic E-state index is -0.780. The summed E-state index contributed by atoms with van der Waals surface area (Å²) in [6.45, 7) is 2.99. The maximum absolute atomic E-state index is 12.4. The highest BCUT2D eigenvalue weighted by Crippen LogP contribution is 2.16. The summed E-state index contributed by atoms with van der Waals surface area (Å²) in [6.07, 6.45) is 0. The van der Waals surface area contributed by atoms with E-state index < -0.39 is 11.9 Å². The van der Waals surface area contributed by atoms with E-state index in [0.717, 1.165) is 5.52 Å². The Morgan fingerprint density at radius 2 is 1.70 bits per heavy atom. The first-order valence-electron chi connectivity index (χ1n) is 8.36. The van der Waals surface area contributed by atoms with E-state index in [1.54, 1.807) is 37.3 Å². The molecule has 1 unspecified atom stereocenters. The van der Waals surface area contributed by atoms with Crippen LogP contribution in [0.4, 0.5) is 11.4 Å². The molecule has 8 heteroatoms. The maximum atomic E-state index is 12.4. The number of H-pyrrole nitrogens is 1. The van der Waals surface area contributed by atoms with Crippen LogP contribution in [-0.4, -0.2) is 34.0 Å². The molecule has 8 nitrogen and oxygen atoms in total. The van der Waals surface area contributed by atoms with Crippen LogP contribution >= 0.6 is 0 Å². The van der Waals surface area contributed by atoms with Crippen LogP contribution in [0.5, 0.6) is 0 Å². The highest BCUT2D eigenvalue weighted by molar-refractivity contribution is 6.07. The second kappa shape index (κ2) is 7.69. The third kappa shape index (κ3) is 4.30. The molecule has 4 N–H and O–H groups in total. The molecule has 27 heavy (non-hydrogen) atoms. The van der Waals surface area contributed by atoms with Crippen molar-refractivity contribution in [2.75, 3.05) is 10.6 Å². The number of aromatic amines is 1.